The lowest BCUT2D eigenvalue weighted by molar-refractivity contribution is 0.395. The molecule has 0 saturated heterocycles. The summed E-state index contributed by atoms with van der Waals surface area (Å²) < 4.78 is 14.0. The molecule has 196 valence electrons. The van der Waals surface area contributed by atoms with E-state index in [-0.39, 0.29) is 0 Å². The van der Waals surface area contributed by atoms with Gasteiger partial charge in [0, 0.05) is 27.3 Å². The SMILES string of the molecule is COc1ccc(N(P(=S)(c2ccccc2)c2ccccc2)P(=S)(c2ccccc2)c2ccccc2)c(OC)c1. The minimum Gasteiger partial charge on any atom is -0.497 e. The van der Waals surface area contributed by atoms with Gasteiger partial charge in [0.25, 0.3) is 0 Å². The molecule has 3 nitrogen and oxygen atoms in total. The fraction of sp³-hybridized carbons (Fsp3) is 0.0625. The molecule has 0 atom stereocenters. The predicted molar refractivity (Wildman–Crippen MR) is 175 cm³/mol. The maximum Gasteiger partial charge on any atom is 0.146 e. The number of hydrogen-bond donors (Lipinski definition) is 0. The van der Waals surface area contributed by atoms with Gasteiger partial charge in [-0.15, -0.1) is 0 Å². The molecule has 39 heavy (non-hydrogen) atoms. The molecule has 0 aromatic heterocycles. The molecular formula is C32H29NO2P2S2. The van der Waals surface area contributed by atoms with Gasteiger partial charge in [-0.25, -0.2) is 0 Å². The number of benzene rings is 5. The first-order valence-corrected chi connectivity index (χ1v) is 18.0. The molecule has 5 rings (SSSR count). The van der Waals surface area contributed by atoms with Gasteiger partial charge in [0.05, 0.1) is 32.3 Å². The van der Waals surface area contributed by atoms with Crippen molar-refractivity contribution < 1.29 is 9.47 Å². The summed E-state index contributed by atoms with van der Waals surface area (Å²) in [6.07, 6.45) is -5.56. The van der Waals surface area contributed by atoms with Gasteiger partial charge in [0.1, 0.15) is 11.5 Å². The van der Waals surface area contributed by atoms with E-state index in [1.165, 1.54) is 0 Å². The zero-order valence-electron chi connectivity index (χ0n) is 21.8. The first kappa shape index (κ1) is 27.4. The molecule has 0 unspecified atom stereocenters. The van der Waals surface area contributed by atoms with E-state index >= 15 is 0 Å². The minimum absolute atomic E-state index is 0.663. The molecular weight excluding hydrogens is 556 g/mol. The Morgan fingerprint density at radius 3 is 1.15 bits per heavy atom. The third-order valence-corrected chi connectivity index (χ3v) is 17.9. The first-order chi connectivity index (χ1) is 19.0. The van der Waals surface area contributed by atoms with Crippen molar-refractivity contribution in [1.29, 1.82) is 0 Å². The van der Waals surface area contributed by atoms with Crippen LogP contribution in [0.15, 0.2) is 140 Å². The van der Waals surface area contributed by atoms with Gasteiger partial charge in [-0.05, 0) is 12.1 Å². The summed E-state index contributed by atoms with van der Waals surface area (Å²) in [6.45, 7) is 0. The standard InChI is InChI=1S/C32H29NO2P2S2/c1-34-26-23-24-31(32(25-26)35-2)33(36(38,27-15-7-3-8-16-27)28-17-9-4-10-18-28)37(39,29-19-11-5-12-20-29)30-21-13-6-14-22-30/h3-25H,1-2H3. The van der Waals surface area contributed by atoms with Crippen LogP contribution in [0.1, 0.15) is 0 Å². The van der Waals surface area contributed by atoms with Crippen LogP contribution in [0.3, 0.4) is 0 Å². The molecule has 7 heteroatoms. The molecule has 0 aliphatic carbocycles. The number of ether oxygens (including phenoxy) is 2. The van der Waals surface area contributed by atoms with Gasteiger partial charge in [-0.2, -0.15) is 0 Å². The van der Waals surface area contributed by atoms with Gasteiger partial charge in [0.2, 0.25) is 0 Å². The Hall–Kier alpha value is -3.20. The summed E-state index contributed by atoms with van der Waals surface area (Å²) in [6, 6.07) is 47.5. The van der Waals surface area contributed by atoms with E-state index in [4.69, 9.17) is 33.1 Å². The predicted octanol–water partition coefficient (Wildman–Crippen LogP) is 6.60. The topological polar surface area (TPSA) is 21.7 Å². The van der Waals surface area contributed by atoms with E-state index in [0.29, 0.717) is 11.5 Å². The maximum atomic E-state index is 6.97. The summed E-state index contributed by atoms with van der Waals surface area (Å²) in [5, 5.41) is 4.24. The van der Waals surface area contributed by atoms with E-state index in [2.05, 4.69) is 102 Å². The van der Waals surface area contributed by atoms with Crippen LogP contribution in [-0.4, -0.2) is 14.2 Å². The fourth-order valence-electron chi connectivity index (χ4n) is 4.69. The molecule has 0 N–H and O–H groups in total. The summed E-state index contributed by atoms with van der Waals surface area (Å²) in [4.78, 5) is 0. The molecule has 0 aliphatic rings. The molecule has 0 fully saturated rings. The van der Waals surface area contributed by atoms with Crippen molar-refractivity contribution in [1.82, 2.24) is 0 Å². The zero-order valence-corrected chi connectivity index (χ0v) is 25.2. The van der Waals surface area contributed by atoms with E-state index < -0.39 is 12.4 Å². The molecule has 0 radical (unpaired) electrons. The summed E-state index contributed by atoms with van der Waals surface area (Å²) >= 11 is 13.9. The lowest BCUT2D eigenvalue weighted by atomic mass is 10.3. The van der Waals surface area contributed by atoms with Crippen LogP contribution in [0.2, 0.25) is 0 Å². The maximum absolute atomic E-state index is 6.97. The lowest BCUT2D eigenvalue weighted by Gasteiger charge is -2.46. The number of rotatable bonds is 9. The van der Waals surface area contributed by atoms with E-state index in [0.717, 1.165) is 26.9 Å². The largest absolute Gasteiger partial charge is 0.497 e. The smallest absolute Gasteiger partial charge is 0.146 e. The number of anilines is 1. The Morgan fingerprint density at radius 1 is 0.487 bits per heavy atom. The number of hydrogen-bond acceptors (Lipinski definition) is 4. The van der Waals surface area contributed by atoms with Gasteiger partial charge >= 0.3 is 0 Å². The van der Waals surface area contributed by atoms with Crippen LogP contribution in [-0.2, 0) is 23.6 Å². The average molecular weight is 586 g/mol. The van der Waals surface area contributed by atoms with Crippen LogP contribution in [0, 0.1) is 0 Å². The fourth-order valence-corrected chi connectivity index (χ4v) is 16.4. The highest BCUT2D eigenvalue weighted by Gasteiger charge is 2.42. The van der Waals surface area contributed by atoms with Crippen molar-refractivity contribution in [3.05, 3.63) is 140 Å². The van der Waals surface area contributed by atoms with Crippen molar-refractivity contribution in [3.63, 3.8) is 0 Å². The lowest BCUT2D eigenvalue weighted by Crippen LogP contribution is -2.37. The van der Waals surface area contributed by atoms with Gasteiger partial charge in [-0.3, -0.25) is 4.44 Å². The summed E-state index contributed by atoms with van der Waals surface area (Å²) in [5.41, 5.74) is 0.852. The van der Waals surface area contributed by atoms with Crippen molar-refractivity contribution in [2.45, 2.75) is 0 Å². The normalized spacial score (nSPS) is 11.5. The van der Waals surface area contributed by atoms with Crippen LogP contribution < -0.4 is 35.1 Å². The first-order valence-electron chi connectivity index (χ1n) is 12.5. The highest BCUT2D eigenvalue weighted by atomic mass is 32.5. The second-order valence-corrected chi connectivity index (χ2v) is 17.5. The van der Waals surface area contributed by atoms with E-state index in [1.54, 1.807) is 14.2 Å². The van der Waals surface area contributed by atoms with Crippen LogP contribution >= 0.6 is 12.4 Å². The van der Waals surface area contributed by atoms with Crippen molar-refractivity contribution in [2.24, 2.45) is 0 Å². The minimum atomic E-state index is -2.78. The summed E-state index contributed by atoms with van der Waals surface area (Å²) in [5.74, 6) is 1.37. The van der Waals surface area contributed by atoms with Crippen molar-refractivity contribution in [2.75, 3.05) is 18.7 Å². The zero-order chi connectivity index (χ0) is 27.3. The van der Waals surface area contributed by atoms with Crippen LogP contribution in [0.25, 0.3) is 0 Å². The Morgan fingerprint density at radius 2 is 0.846 bits per heavy atom. The molecule has 5 aromatic rings. The van der Waals surface area contributed by atoms with Crippen molar-refractivity contribution in [3.8, 4) is 11.5 Å². The monoisotopic (exact) mass is 585 g/mol. The molecule has 0 bridgehead atoms. The Kier molecular flexibility index (Phi) is 8.35. The van der Waals surface area contributed by atoms with E-state index in [1.807, 2.05) is 42.5 Å². The molecule has 0 amide bonds. The Bertz CT molecular complexity index is 1450. The third-order valence-electron chi connectivity index (χ3n) is 6.56. The van der Waals surface area contributed by atoms with Crippen LogP contribution in [0.5, 0.6) is 11.5 Å². The van der Waals surface area contributed by atoms with E-state index in [9.17, 15) is 0 Å². The Labute approximate surface area is 241 Å². The average Bonchev–Trinajstić information content (AvgIpc) is 3.02. The Balaban J connectivity index is 1.97. The van der Waals surface area contributed by atoms with Gasteiger partial charge in [-0.1, -0.05) is 145 Å². The van der Waals surface area contributed by atoms with Gasteiger partial charge in [0.15, 0.2) is 0 Å². The highest BCUT2D eigenvalue weighted by Crippen LogP contribution is 2.67. The number of methoxy groups -OCH3 is 2. The second-order valence-electron chi connectivity index (χ2n) is 8.82. The highest BCUT2D eigenvalue weighted by molar-refractivity contribution is 8.33. The molecule has 0 saturated carbocycles. The molecule has 0 spiro atoms. The quantitative estimate of drug-likeness (QED) is 0.181. The number of nitrogens with zero attached hydrogens (tertiary/aromatic N) is 1. The van der Waals surface area contributed by atoms with Crippen LogP contribution in [0.4, 0.5) is 5.69 Å². The molecule has 0 heterocycles. The summed E-state index contributed by atoms with van der Waals surface area (Å²) in [7, 11) is 3.34. The van der Waals surface area contributed by atoms with Crippen molar-refractivity contribution >= 4 is 62.9 Å². The molecule has 5 aromatic carbocycles. The van der Waals surface area contributed by atoms with Gasteiger partial charge < -0.3 is 9.47 Å². The second kappa shape index (κ2) is 11.9. The molecule has 0 aliphatic heterocycles. The third kappa shape index (κ3) is 5.09.